The van der Waals surface area contributed by atoms with Gasteiger partial charge in [0.2, 0.25) is 5.91 Å². The van der Waals surface area contributed by atoms with Gasteiger partial charge in [-0.25, -0.2) is 0 Å². The fraction of sp³-hybridized carbons (Fsp3) is 0.438. The van der Waals surface area contributed by atoms with Crippen LogP contribution < -0.4 is 15.4 Å². The number of aromatic nitrogens is 2. The van der Waals surface area contributed by atoms with Crippen molar-refractivity contribution >= 4 is 22.9 Å². The molecule has 2 N–H and O–H groups in total. The number of amides is 1. The number of nitrogens with zero attached hydrogens (tertiary/aromatic N) is 2. The van der Waals surface area contributed by atoms with Crippen molar-refractivity contribution in [1.29, 1.82) is 0 Å². The quantitative estimate of drug-likeness (QED) is 0.813. The maximum atomic E-state index is 12.4. The van der Waals surface area contributed by atoms with Gasteiger partial charge >= 0.3 is 0 Å². The summed E-state index contributed by atoms with van der Waals surface area (Å²) in [5, 5.41) is 16.1. The zero-order valence-electron chi connectivity index (χ0n) is 13.8. The molecule has 0 aliphatic rings. The molecule has 0 unspecified atom stereocenters. The number of methoxy groups -OCH3 is 1. The summed E-state index contributed by atoms with van der Waals surface area (Å²) in [6.07, 6.45) is 0.690. The Morgan fingerprint density at radius 3 is 2.52 bits per heavy atom. The highest BCUT2D eigenvalue weighted by molar-refractivity contribution is 7.11. The molecule has 1 aromatic heterocycles. The first-order valence-corrected chi connectivity index (χ1v) is 8.22. The molecule has 0 aliphatic carbocycles. The molecule has 1 heterocycles. The maximum Gasteiger partial charge on any atom is 0.245 e. The molecule has 1 aromatic carbocycles. The first kappa shape index (κ1) is 17.2. The van der Waals surface area contributed by atoms with Crippen molar-refractivity contribution in [2.45, 2.75) is 32.7 Å². The van der Waals surface area contributed by atoms with E-state index in [1.54, 1.807) is 18.4 Å². The standard InChI is InChI=1S/C16H22N4O2S/c1-11-19-20-14(23-11)9-10-17-15(21)16(2,3)18-12-5-7-13(22-4)8-6-12/h5-8,18H,9-10H2,1-4H3,(H,17,21). The Morgan fingerprint density at radius 2 is 1.96 bits per heavy atom. The SMILES string of the molecule is COc1ccc(NC(C)(C)C(=O)NCCc2nnc(C)s2)cc1. The molecule has 2 aromatic rings. The van der Waals surface area contributed by atoms with Gasteiger partial charge in [0, 0.05) is 18.7 Å². The third-order valence-corrected chi connectivity index (χ3v) is 4.21. The Kier molecular flexibility index (Phi) is 5.54. The predicted octanol–water partition coefficient (Wildman–Crippen LogP) is 2.40. The number of rotatable bonds is 7. The van der Waals surface area contributed by atoms with Gasteiger partial charge in [-0.2, -0.15) is 0 Å². The van der Waals surface area contributed by atoms with Crippen molar-refractivity contribution in [3.8, 4) is 5.75 Å². The molecule has 0 bridgehead atoms. The van der Waals surface area contributed by atoms with Gasteiger partial charge in [0.25, 0.3) is 0 Å². The van der Waals surface area contributed by atoms with Crippen molar-refractivity contribution < 1.29 is 9.53 Å². The summed E-state index contributed by atoms with van der Waals surface area (Å²) in [6, 6.07) is 7.48. The van der Waals surface area contributed by atoms with Crippen LogP contribution in [0, 0.1) is 6.92 Å². The van der Waals surface area contributed by atoms with Gasteiger partial charge < -0.3 is 15.4 Å². The molecule has 0 atom stereocenters. The molecule has 0 radical (unpaired) electrons. The van der Waals surface area contributed by atoms with E-state index in [9.17, 15) is 4.79 Å². The molecule has 6 nitrogen and oxygen atoms in total. The van der Waals surface area contributed by atoms with Crippen molar-refractivity contribution in [2.75, 3.05) is 19.0 Å². The largest absolute Gasteiger partial charge is 0.497 e. The van der Waals surface area contributed by atoms with E-state index in [2.05, 4.69) is 20.8 Å². The van der Waals surface area contributed by atoms with Crippen LogP contribution in [0.3, 0.4) is 0 Å². The Hall–Kier alpha value is -2.15. The van der Waals surface area contributed by atoms with E-state index in [-0.39, 0.29) is 5.91 Å². The van der Waals surface area contributed by atoms with Crippen LogP contribution in [0.15, 0.2) is 24.3 Å². The monoisotopic (exact) mass is 334 g/mol. The third kappa shape index (κ3) is 4.92. The van der Waals surface area contributed by atoms with Crippen LogP contribution in [0.4, 0.5) is 5.69 Å². The van der Waals surface area contributed by atoms with Crippen LogP contribution in [0.1, 0.15) is 23.9 Å². The summed E-state index contributed by atoms with van der Waals surface area (Å²) < 4.78 is 5.13. The zero-order chi connectivity index (χ0) is 16.9. The second-order valence-electron chi connectivity index (χ2n) is 5.70. The summed E-state index contributed by atoms with van der Waals surface area (Å²) in [5.74, 6) is 0.722. The van der Waals surface area contributed by atoms with Crippen LogP contribution in [0.5, 0.6) is 5.75 Å². The molecule has 124 valence electrons. The fourth-order valence-electron chi connectivity index (χ4n) is 2.03. The summed E-state index contributed by atoms with van der Waals surface area (Å²) in [4.78, 5) is 12.4. The maximum absolute atomic E-state index is 12.4. The normalized spacial score (nSPS) is 11.1. The van der Waals surface area contributed by atoms with Gasteiger partial charge in [-0.15, -0.1) is 21.5 Å². The summed E-state index contributed by atoms with van der Waals surface area (Å²) in [5.41, 5.74) is 0.150. The molecule has 0 aliphatic heterocycles. The molecule has 0 saturated heterocycles. The first-order chi connectivity index (χ1) is 10.9. The van der Waals surface area contributed by atoms with Crippen LogP contribution in [0.2, 0.25) is 0 Å². The Bertz CT molecular complexity index is 652. The molecule has 0 spiro atoms. The number of carbonyl (C=O) groups is 1. The predicted molar refractivity (Wildman–Crippen MR) is 92.1 cm³/mol. The minimum atomic E-state index is -0.717. The molecule has 2 rings (SSSR count). The number of anilines is 1. The first-order valence-electron chi connectivity index (χ1n) is 7.40. The Morgan fingerprint density at radius 1 is 1.26 bits per heavy atom. The van der Waals surface area contributed by atoms with Gasteiger partial charge in [0.05, 0.1) is 7.11 Å². The van der Waals surface area contributed by atoms with Crippen LogP contribution >= 0.6 is 11.3 Å². The van der Waals surface area contributed by atoms with Crippen LogP contribution in [-0.2, 0) is 11.2 Å². The lowest BCUT2D eigenvalue weighted by Gasteiger charge is -2.26. The van der Waals surface area contributed by atoms with Crippen LogP contribution in [-0.4, -0.2) is 35.3 Å². The number of aryl methyl sites for hydroxylation is 1. The molecule has 1 amide bonds. The molecular formula is C16H22N4O2S. The number of nitrogens with one attached hydrogen (secondary N) is 2. The van der Waals surface area contributed by atoms with E-state index in [0.29, 0.717) is 13.0 Å². The van der Waals surface area contributed by atoms with Crippen molar-refractivity contribution in [3.63, 3.8) is 0 Å². The second-order valence-corrected chi connectivity index (χ2v) is 6.97. The highest BCUT2D eigenvalue weighted by Crippen LogP contribution is 2.19. The topological polar surface area (TPSA) is 76.1 Å². The van der Waals surface area contributed by atoms with Gasteiger partial charge in [-0.05, 0) is 45.0 Å². The van der Waals surface area contributed by atoms with Crippen molar-refractivity contribution in [3.05, 3.63) is 34.3 Å². The minimum Gasteiger partial charge on any atom is -0.497 e. The number of ether oxygens (including phenoxy) is 1. The number of carbonyl (C=O) groups excluding carboxylic acids is 1. The highest BCUT2D eigenvalue weighted by Gasteiger charge is 2.27. The second kappa shape index (κ2) is 7.41. The number of benzene rings is 1. The minimum absolute atomic E-state index is 0.0606. The third-order valence-electron chi connectivity index (χ3n) is 3.31. The Labute approximate surface area is 140 Å². The molecule has 7 heteroatoms. The highest BCUT2D eigenvalue weighted by atomic mass is 32.1. The van der Waals surface area contributed by atoms with Crippen molar-refractivity contribution in [1.82, 2.24) is 15.5 Å². The smallest absolute Gasteiger partial charge is 0.245 e. The van der Waals surface area contributed by atoms with Gasteiger partial charge in [0.1, 0.15) is 21.3 Å². The lowest BCUT2D eigenvalue weighted by atomic mass is 10.0. The van der Waals surface area contributed by atoms with E-state index < -0.39 is 5.54 Å². The molecular weight excluding hydrogens is 312 g/mol. The average Bonchev–Trinajstić information content (AvgIpc) is 2.93. The fourth-order valence-corrected chi connectivity index (χ4v) is 2.74. The van der Waals surface area contributed by atoms with E-state index in [4.69, 9.17) is 4.74 Å². The van der Waals surface area contributed by atoms with E-state index in [0.717, 1.165) is 21.5 Å². The van der Waals surface area contributed by atoms with E-state index >= 15 is 0 Å². The van der Waals surface area contributed by atoms with Crippen molar-refractivity contribution in [2.24, 2.45) is 0 Å². The number of hydrogen-bond acceptors (Lipinski definition) is 6. The van der Waals surface area contributed by atoms with E-state index in [1.807, 2.05) is 45.0 Å². The lowest BCUT2D eigenvalue weighted by Crippen LogP contribution is -2.48. The summed E-state index contributed by atoms with van der Waals surface area (Å²) >= 11 is 1.55. The molecule has 0 saturated carbocycles. The van der Waals surface area contributed by atoms with Gasteiger partial charge in [-0.1, -0.05) is 0 Å². The van der Waals surface area contributed by atoms with Gasteiger partial charge in [0.15, 0.2) is 0 Å². The lowest BCUT2D eigenvalue weighted by molar-refractivity contribution is -0.124. The van der Waals surface area contributed by atoms with Crippen LogP contribution in [0.25, 0.3) is 0 Å². The average molecular weight is 334 g/mol. The van der Waals surface area contributed by atoms with Gasteiger partial charge in [-0.3, -0.25) is 4.79 Å². The summed E-state index contributed by atoms with van der Waals surface area (Å²) in [7, 11) is 1.62. The number of hydrogen-bond donors (Lipinski definition) is 2. The zero-order valence-corrected chi connectivity index (χ0v) is 14.7. The molecule has 23 heavy (non-hydrogen) atoms. The Balaban J connectivity index is 1.85. The molecule has 0 fully saturated rings. The summed E-state index contributed by atoms with van der Waals surface area (Å²) in [6.45, 7) is 6.16. The van der Waals surface area contributed by atoms with E-state index in [1.165, 1.54) is 0 Å².